The Morgan fingerprint density at radius 1 is 1.07 bits per heavy atom. The molecular formula is C23H18N2O4. The van der Waals surface area contributed by atoms with Crippen molar-refractivity contribution in [1.29, 1.82) is 0 Å². The lowest BCUT2D eigenvalue weighted by Crippen LogP contribution is -1.97. The van der Waals surface area contributed by atoms with Crippen LogP contribution in [0.2, 0.25) is 0 Å². The number of fused-ring (bicyclic) bond motifs is 3. The molecule has 0 bridgehead atoms. The molecule has 0 fully saturated rings. The average Bonchev–Trinajstić information content (AvgIpc) is 3.05. The summed E-state index contributed by atoms with van der Waals surface area (Å²) < 4.78 is 2.24. The van der Waals surface area contributed by atoms with Gasteiger partial charge in [0.15, 0.2) is 5.78 Å². The first-order chi connectivity index (χ1) is 14.0. The predicted molar refractivity (Wildman–Crippen MR) is 113 cm³/mol. The van der Waals surface area contributed by atoms with Crippen LogP contribution in [0.15, 0.2) is 66.7 Å². The molecular weight excluding hydrogens is 368 g/mol. The van der Waals surface area contributed by atoms with Crippen LogP contribution >= 0.6 is 0 Å². The number of aromatic hydroxyl groups is 1. The van der Waals surface area contributed by atoms with Crippen molar-refractivity contribution in [3.05, 3.63) is 88.0 Å². The first-order valence-electron chi connectivity index (χ1n) is 9.20. The predicted octanol–water partition coefficient (Wildman–Crippen LogP) is 5.32. The fourth-order valence-electron chi connectivity index (χ4n) is 3.61. The molecule has 6 nitrogen and oxygen atoms in total. The van der Waals surface area contributed by atoms with E-state index < -0.39 is 10.7 Å². The van der Waals surface area contributed by atoms with Crippen LogP contribution in [-0.2, 0) is 6.54 Å². The Kier molecular flexibility index (Phi) is 4.60. The van der Waals surface area contributed by atoms with Gasteiger partial charge in [-0.15, -0.1) is 0 Å². The summed E-state index contributed by atoms with van der Waals surface area (Å²) >= 11 is 0. The fourth-order valence-corrected chi connectivity index (χ4v) is 3.61. The van der Waals surface area contributed by atoms with Crippen LogP contribution in [0.25, 0.3) is 27.9 Å². The van der Waals surface area contributed by atoms with Crippen molar-refractivity contribution in [2.24, 2.45) is 0 Å². The monoisotopic (exact) mass is 386 g/mol. The van der Waals surface area contributed by atoms with Crippen molar-refractivity contribution in [2.75, 3.05) is 0 Å². The highest BCUT2D eigenvalue weighted by atomic mass is 16.6. The van der Waals surface area contributed by atoms with Crippen molar-refractivity contribution in [3.8, 4) is 5.75 Å². The van der Waals surface area contributed by atoms with Crippen LogP contribution in [0.3, 0.4) is 0 Å². The Morgan fingerprint density at radius 2 is 1.83 bits per heavy atom. The van der Waals surface area contributed by atoms with Gasteiger partial charge in [0, 0.05) is 40.5 Å². The van der Waals surface area contributed by atoms with Gasteiger partial charge < -0.3 is 9.67 Å². The number of hydrogen-bond donors (Lipinski definition) is 1. The summed E-state index contributed by atoms with van der Waals surface area (Å²) in [5.74, 6) is -0.783. The Labute approximate surface area is 166 Å². The van der Waals surface area contributed by atoms with E-state index in [0.29, 0.717) is 0 Å². The third kappa shape index (κ3) is 3.25. The number of ketones is 1. The molecule has 0 unspecified atom stereocenters. The van der Waals surface area contributed by atoms with Crippen LogP contribution in [0.4, 0.5) is 5.69 Å². The highest BCUT2D eigenvalue weighted by Gasteiger charge is 2.15. The molecule has 1 aromatic heterocycles. The van der Waals surface area contributed by atoms with Crippen molar-refractivity contribution >= 4 is 39.4 Å². The zero-order chi connectivity index (χ0) is 20.5. The Morgan fingerprint density at radius 3 is 2.59 bits per heavy atom. The van der Waals surface area contributed by atoms with E-state index in [1.807, 2.05) is 30.3 Å². The fraction of sp³-hybridized carbons (Fsp3) is 0.0870. The third-order valence-corrected chi connectivity index (χ3v) is 5.00. The van der Waals surface area contributed by atoms with Crippen LogP contribution in [-0.4, -0.2) is 20.4 Å². The average molecular weight is 386 g/mol. The quantitative estimate of drug-likeness (QED) is 0.218. The molecule has 0 spiro atoms. The third-order valence-electron chi connectivity index (χ3n) is 5.00. The number of aryl methyl sites for hydroxylation is 1. The number of allylic oxidation sites excluding steroid dienone is 1. The summed E-state index contributed by atoms with van der Waals surface area (Å²) in [6.45, 7) is 2.95. The van der Waals surface area contributed by atoms with Gasteiger partial charge in [0.2, 0.25) is 0 Å². The molecule has 0 aliphatic carbocycles. The molecule has 6 heteroatoms. The molecule has 1 N–H and O–H groups in total. The maximum absolute atomic E-state index is 12.5. The SMILES string of the molecule is CCn1c2ccccc2c2cc(/C=C/C(=O)c3cc([N+](=O)[O-])ccc3O)ccc21. The van der Waals surface area contributed by atoms with Crippen molar-refractivity contribution < 1.29 is 14.8 Å². The highest BCUT2D eigenvalue weighted by Crippen LogP contribution is 2.30. The van der Waals surface area contributed by atoms with Crippen molar-refractivity contribution in [1.82, 2.24) is 4.57 Å². The van der Waals surface area contributed by atoms with Gasteiger partial charge in [0.05, 0.1) is 10.5 Å². The number of aromatic nitrogens is 1. The molecule has 0 saturated heterocycles. The zero-order valence-electron chi connectivity index (χ0n) is 15.7. The normalized spacial score (nSPS) is 11.5. The Bertz CT molecular complexity index is 1300. The van der Waals surface area contributed by atoms with E-state index in [1.54, 1.807) is 6.08 Å². The molecule has 0 saturated carbocycles. The number of nitrogens with zero attached hydrogens (tertiary/aromatic N) is 2. The van der Waals surface area contributed by atoms with Crippen LogP contribution in [0.1, 0.15) is 22.8 Å². The molecule has 29 heavy (non-hydrogen) atoms. The second-order valence-corrected chi connectivity index (χ2v) is 6.69. The summed E-state index contributed by atoms with van der Waals surface area (Å²) in [4.78, 5) is 22.8. The van der Waals surface area contributed by atoms with Gasteiger partial charge in [-0.1, -0.05) is 30.3 Å². The number of rotatable bonds is 5. The number of carbonyl (C=O) groups excluding carboxylic acids is 1. The van der Waals surface area contributed by atoms with Gasteiger partial charge in [0.25, 0.3) is 5.69 Å². The minimum Gasteiger partial charge on any atom is -0.507 e. The summed E-state index contributed by atoms with van der Waals surface area (Å²) in [6.07, 6.45) is 2.97. The molecule has 4 aromatic rings. The molecule has 3 aromatic carbocycles. The molecule has 0 aliphatic heterocycles. The lowest BCUT2D eigenvalue weighted by molar-refractivity contribution is -0.384. The summed E-state index contributed by atoms with van der Waals surface area (Å²) in [5, 5.41) is 23.0. The van der Waals surface area contributed by atoms with E-state index in [0.717, 1.165) is 52.1 Å². The van der Waals surface area contributed by atoms with Gasteiger partial charge in [-0.2, -0.15) is 0 Å². The number of carbonyl (C=O) groups is 1. The minimum atomic E-state index is -0.600. The number of phenols is 1. The number of hydrogen-bond acceptors (Lipinski definition) is 4. The van der Waals surface area contributed by atoms with Gasteiger partial charge in [-0.25, -0.2) is 0 Å². The Hall–Kier alpha value is -3.93. The molecule has 0 radical (unpaired) electrons. The number of phenolic OH excluding ortho intramolecular Hbond substituents is 1. The number of nitro benzene ring substituents is 1. The maximum Gasteiger partial charge on any atom is 0.270 e. The number of para-hydroxylation sites is 1. The molecule has 4 rings (SSSR count). The first-order valence-corrected chi connectivity index (χ1v) is 9.20. The van der Waals surface area contributed by atoms with E-state index in [9.17, 15) is 20.0 Å². The summed E-state index contributed by atoms with van der Waals surface area (Å²) in [5.41, 5.74) is 2.76. The van der Waals surface area contributed by atoms with Gasteiger partial charge >= 0.3 is 0 Å². The van der Waals surface area contributed by atoms with Crippen LogP contribution in [0, 0.1) is 10.1 Å². The minimum absolute atomic E-state index is 0.0980. The molecule has 144 valence electrons. The van der Waals surface area contributed by atoms with Gasteiger partial charge in [0.1, 0.15) is 5.75 Å². The van der Waals surface area contributed by atoms with Crippen molar-refractivity contribution in [2.45, 2.75) is 13.5 Å². The van der Waals surface area contributed by atoms with Gasteiger partial charge in [-0.05, 0) is 42.8 Å². The number of benzene rings is 3. The van der Waals surface area contributed by atoms with E-state index >= 15 is 0 Å². The second kappa shape index (κ2) is 7.24. The molecule has 0 amide bonds. The highest BCUT2D eigenvalue weighted by molar-refractivity contribution is 6.10. The smallest absolute Gasteiger partial charge is 0.270 e. The summed E-state index contributed by atoms with van der Waals surface area (Å²) in [7, 11) is 0. The standard InChI is InChI=1S/C23H18N2O4/c1-2-24-20-6-4-3-5-17(20)18-13-15(7-10-21(18)24)8-11-22(26)19-14-16(25(28)29)9-12-23(19)27/h3-14,27H,2H2,1H3/b11-8+. The number of nitro groups is 1. The first kappa shape index (κ1) is 18.4. The lowest BCUT2D eigenvalue weighted by atomic mass is 10.1. The van der Waals surface area contributed by atoms with Crippen molar-refractivity contribution in [3.63, 3.8) is 0 Å². The Balaban J connectivity index is 1.72. The summed E-state index contributed by atoms with van der Waals surface area (Å²) in [6, 6.07) is 17.5. The molecule has 0 aliphatic rings. The second-order valence-electron chi connectivity index (χ2n) is 6.69. The van der Waals surface area contributed by atoms with Gasteiger partial charge in [-0.3, -0.25) is 14.9 Å². The largest absolute Gasteiger partial charge is 0.507 e. The topological polar surface area (TPSA) is 85.4 Å². The van der Waals surface area contributed by atoms with E-state index in [4.69, 9.17) is 0 Å². The molecule has 0 atom stereocenters. The van der Waals surface area contributed by atoms with E-state index in [-0.39, 0.29) is 17.0 Å². The maximum atomic E-state index is 12.5. The zero-order valence-corrected chi connectivity index (χ0v) is 15.7. The van der Waals surface area contributed by atoms with E-state index in [2.05, 4.69) is 23.6 Å². The van der Waals surface area contributed by atoms with E-state index in [1.165, 1.54) is 6.08 Å². The number of non-ortho nitro benzene ring substituents is 1. The van der Waals surface area contributed by atoms with Crippen LogP contribution in [0.5, 0.6) is 5.75 Å². The lowest BCUT2D eigenvalue weighted by Gasteiger charge is -2.03. The van der Waals surface area contributed by atoms with Crippen LogP contribution < -0.4 is 0 Å². The molecule has 1 heterocycles.